The maximum Gasteiger partial charge on any atom is 0.0589 e. The number of nitrogens with zero attached hydrogens (tertiary/aromatic N) is 1. The zero-order chi connectivity index (χ0) is 14.1. The second-order valence-corrected chi connectivity index (χ2v) is 5.90. The van der Waals surface area contributed by atoms with Crippen molar-refractivity contribution in [3.8, 4) is 0 Å². The van der Waals surface area contributed by atoms with E-state index in [1.54, 1.807) is 7.11 Å². The Morgan fingerprint density at radius 2 is 1.79 bits per heavy atom. The van der Waals surface area contributed by atoms with Crippen LogP contribution in [0.2, 0.25) is 0 Å². The van der Waals surface area contributed by atoms with E-state index < -0.39 is 0 Å². The molecule has 19 heavy (non-hydrogen) atoms. The summed E-state index contributed by atoms with van der Waals surface area (Å²) < 4.78 is 5.31. The molecular weight excluding hydrogens is 236 g/mol. The lowest BCUT2D eigenvalue weighted by Crippen LogP contribution is -2.52. The van der Waals surface area contributed by atoms with Crippen molar-refractivity contribution in [2.45, 2.75) is 70.9 Å². The zero-order valence-electron chi connectivity index (χ0n) is 13.2. The minimum absolute atomic E-state index is 0.556. The van der Waals surface area contributed by atoms with Crippen LogP contribution in [-0.4, -0.2) is 43.8 Å². The van der Waals surface area contributed by atoms with Gasteiger partial charge in [-0.05, 0) is 31.6 Å². The molecule has 1 atom stereocenters. The van der Waals surface area contributed by atoms with Gasteiger partial charge in [0.25, 0.3) is 0 Å². The molecule has 1 aliphatic rings. The van der Waals surface area contributed by atoms with Gasteiger partial charge in [-0.15, -0.1) is 0 Å². The maximum absolute atomic E-state index is 6.14. The first-order valence-electron chi connectivity index (χ1n) is 8.23. The smallest absolute Gasteiger partial charge is 0.0589 e. The van der Waals surface area contributed by atoms with Crippen LogP contribution in [0, 0.1) is 5.92 Å². The molecule has 0 aromatic rings. The molecule has 1 rings (SSSR count). The van der Waals surface area contributed by atoms with E-state index in [0.717, 1.165) is 25.6 Å². The average Bonchev–Trinajstić information content (AvgIpc) is 2.47. The Morgan fingerprint density at radius 3 is 2.26 bits per heavy atom. The third kappa shape index (κ3) is 5.05. The molecule has 0 amide bonds. The highest BCUT2D eigenvalue weighted by molar-refractivity contribution is 4.86. The van der Waals surface area contributed by atoms with Crippen LogP contribution < -0.4 is 5.73 Å². The molecule has 0 spiro atoms. The maximum atomic E-state index is 6.14. The summed E-state index contributed by atoms with van der Waals surface area (Å²) in [7, 11) is 1.79. The molecule has 0 aromatic carbocycles. The van der Waals surface area contributed by atoms with Gasteiger partial charge < -0.3 is 10.5 Å². The fourth-order valence-electron chi connectivity index (χ4n) is 3.69. The molecule has 0 aromatic heterocycles. The van der Waals surface area contributed by atoms with Gasteiger partial charge in [0.1, 0.15) is 0 Å². The molecule has 1 saturated carbocycles. The summed E-state index contributed by atoms with van der Waals surface area (Å²) in [5, 5.41) is 0. The van der Waals surface area contributed by atoms with E-state index in [-0.39, 0.29) is 0 Å². The van der Waals surface area contributed by atoms with Gasteiger partial charge >= 0.3 is 0 Å². The van der Waals surface area contributed by atoms with Crippen molar-refractivity contribution >= 4 is 0 Å². The molecule has 0 heterocycles. The molecule has 114 valence electrons. The van der Waals surface area contributed by atoms with Crippen LogP contribution in [-0.2, 0) is 4.74 Å². The van der Waals surface area contributed by atoms with Crippen molar-refractivity contribution in [3.63, 3.8) is 0 Å². The van der Waals surface area contributed by atoms with Gasteiger partial charge in [-0.2, -0.15) is 0 Å². The zero-order valence-corrected chi connectivity index (χ0v) is 13.2. The largest absolute Gasteiger partial charge is 0.383 e. The predicted octanol–water partition coefficient (Wildman–Crippen LogP) is 3.03. The lowest BCUT2D eigenvalue weighted by Gasteiger charge is -2.42. The van der Waals surface area contributed by atoms with E-state index in [9.17, 15) is 0 Å². The van der Waals surface area contributed by atoms with E-state index in [1.165, 1.54) is 44.9 Å². The first-order valence-corrected chi connectivity index (χ1v) is 8.23. The summed E-state index contributed by atoms with van der Waals surface area (Å²) in [6.45, 7) is 7.23. The summed E-state index contributed by atoms with van der Waals surface area (Å²) in [4.78, 5) is 2.65. The summed E-state index contributed by atoms with van der Waals surface area (Å²) in [5.41, 5.74) is 6.14. The highest BCUT2D eigenvalue weighted by Crippen LogP contribution is 2.30. The van der Waals surface area contributed by atoms with Crippen molar-refractivity contribution in [1.82, 2.24) is 4.90 Å². The van der Waals surface area contributed by atoms with Crippen LogP contribution in [0.15, 0.2) is 0 Å². The van der Waals surface area contributed by atoms with Crippen LogP contribution in [0.1, 0.15) is 58.8 Å². The first-order chi connectivity index (χ1) is 9.28. The molecule has 2 N–H and O–H groups in total. The first kappa shape index (κ1) is 16.9. The van der Waals surface area contributed by atoms with Crippen molar-refractivity contribution in [1.29, 1.82) is 0 Å². The SMILES string of the molecule is CCC(CC)N(CCOC)C(CN)C1CCCCC1. The number of hydrogen-bond acceptors (Lipinski definition) is 3. The fourth-order valence-corrected chi connectivity index (χ4v) is 3.69. The fraction of sp³-hybridized carbons (Fsp3) is 1.00. The van der Waals surface area contributed by atoms with Gasteiger partial charge in [-0.1, -0.05) is 33.1 Å². The topological polar surface area (TPSA) is 38.5 Å². The third-order valence-electron chi connectivity index (χ3n) is 4.83. The molecule has 3 heteroatoms. The van der Waals surface area contributed by atoms with Crippen molar-refractivity contribution < 1.29 is 4.74 Å². The second-order valence-electron chi connectivity index (χ2n) is 5.90. The Bertz CT molecular complexity index is 213. The van der Waals surface area contributed by atoms with E-state index in [2.05, 4.69) is 18.7 Å². The van der Waals surface area contributed by atoms with Gasteiger partial charge in [-0.25, -0.2) is 0 Å². The molecule has 0 radical (unpaired) electrons. The summed E-state index contributed by atoms with van der Waals surface area (Å²) in [5.74, 6) is 0.802. The molecule has 1 fully saturated rings. The predicted molar refractivity (Wildman–Crippen MR) is 82.4 cm³/mol. The lowest BCUT2D eigenvalue weighted by molar-refractivity contribution is 0.0469. The summed E-state index contributed by atoms with van der Waals surface area (Å²) >= 11 is 0. The Labute approximate surface area is 119 Å². The number of nitrogens with two attached hydrogens (primary N) is 1. The van der Waals surface area contributed by atoms with Crippen molar-refractivity contribution in [2.24, 2.45) is 11.7 Å². The molecule has 3 nitrogen and oxygen atoms in total. The highest BCUT2D eigenvalue weighted by Gasteiger charge is 2.30. The highest BCUT2D eigenvalue weighted by atomic mass is 16.5. The molecule has 0 aliphatic heterocycles. The summed E-state index contributed by atoms with van der Waals surface area (Å²) in [6, 6.07) is 1.21. The Balaban J connectivity index is 2.71. The molecular formula is C16H34N2O. The van der Waals surface area contributed by atoms with Gasteiger partial charge in [-0.3, -0.25) is 4.90 Å². The Hall–Kier alpha value is -0.120. The van der Waals surface area contributed by atoms with E-state index in [4.69, 9.17) is 10.5 Å². The van der Waals surface area contributed by atoms with E-state index in [1.807, 2.05) is 0 Å². The van der Waals surface area contributed by atoms with Crippen molar-refractivity contribution in [2.75, 3.05) is 26.8 Å². The van der Waals surface area contributed by atoms with E-state index in [0.29, 0.717) is 12.1 Å². The second kappa shape index (κ2) is 9.73. The quantitative estimate of drug-likeness (QED) is 0.700. The normalized spacial score (nSPS) is 19.3. The molecule has 1 unspecified atom stereocenters. The Morgan fingerprint density at radius 1 is 1.16 bits per heavy atom. The van der Waals surface area contributed by atoms with Gasteiger partial charge in [0.05, 0.1) is 6.61 Å². The molecule has 1 aliphatic carbocycles. The number of ether oxygens (including phenoxy) is 1. The lowest BCUT2D eigenvalue weighted by atomic mass is 9.82. The standard InChI is InChI=1S/C16H34N2O/c1-4-15(5-2)18(11-12-19-3)16(13-17)14-9-7-6-8-10-14/h14-16H,4-13,17H2,1-3H3. The van der Waals surface area contributed by atoms with Gasteiger partial charge in [0.15, 0.2) is 0 Å². The van der Waals surface area contributed by atoms with Crippen LogP contribution in [0.25, 0.3) is 0 Å². The number of methoxy groups -OCH3 is 1. The monoisotopic (exact) mass is 270 g/mol. The van der Waals surface area contributed by atoms with Crippen LogP contribution in [0.5, 0.6) is 0 Å². The number of hydrogen-bond donors (Lipinski definition) is 1. The van der Waals surface area contributed by atoms with Crippen molar-refractivity contribution in [3.05, 3.63) is 0 Å². The van der Waals surface area contributed by atoms with Gasteiger partial charge in [0, 0.05) is 32.3 Å². The van der Waals surface area contributed by atoms with E-state index >= 15 is 0 Å². The van der Waals surface area contributed by atoms with Crippen LogP contribution in [0.4, 0.5) is 0 Å². The third-order valence-corrected chi connectivity index (χ3v) is 4.83. The van der Waals surface area contributed by atoms with Crippen LogP contribution >= 0.6 is 0 Å². The minimum Gasteiger partial charge on any atom is -0.383 e. The molecule has 0 saturated heterocycles. The van der Waals surface area contributed by atoms with Gasteiger partial charge in [0.2, 0.25) is 0 Å². The average molecular weight is 270 g/mol. The minimum atomic E-state index is 0.556. The number of rotatable bonds is 9. The van der Waals surface area contributed by atoms with Crippen LogP contribution in [0.3, 0.4) is 0 Å². The molecule has 0 bridgehead atoms. The Kier molecular flexibility index (Phi) is 8.67. The summed E-state index contributed by atoms with van der Waals surface area (Å²) in [6.07, 6.45) is 9.35.